The molecular formula is C25H23ClF3NO2. The smallest absolute Gasteiger partial charge is 0.294 e. The molecule has 0 saturated carbocycles. The lowest BCUT2D eigenvalue weighted by atomic mass is 9.69. The molecule has 2 aliphatic rings. The Kier molecular flexibility index (Phi) is 5.48. The molecule has 1 heterocycles. The van der Waals surface area contributed by atoms with Crippen molar-refractivity contribution in [1.29, 1.82) is 0 Å². The van der Waals surface area contributed by atoms with E-state index in [0.717, 1.165) is 29.3 Å². The Labute approximate surface area is 189 Å². The number of anilines is 1. The zero-order chi connectivity index (χ0) is 23.4. The number of carbonyl (C=O) groups excluding carboxylic acids is 2. The summed E-state index contributed by atoms with van der Waals surface area (Å²) >= 11 is 6.29. The van der Waals surface area contributed by atoms with Gasteiger partial charge in [-0.15, -0.1) is 0 Å². The van der Waals surface area contributed by atoms with Crippen molar-refractivity contribution in [2.45, 2.75) is 52.1 Å². The maximum Gasteiger partial charge on any atom is 0.416 e. The average molecular weight is 462 g/mol. The average Bonchev–Trinajstić information content (AvgIpc) is 2.67. The van der Waals surface area contributed by atoms with Crippen molar-refractivity contribution in [3.05, 3.63) is 75.4 Å². The molecule has 1 amide bonds. The molecule has 1 atom stereocenters. The molecule has 0 radical (unpaired) electrons. The predicted molar refractivity (Wildman–Crippen MR) is 118 cm³/mol. The van der Waals surface area contributed by atoms with Gasteiger partial charge in [-0.05, 0) is 48.1 Å². The lowest BCUT2D eigenvalue weighted by Crippen LogP contribution is -2.44. The molecule has 168 valence electrons. The second-order valence-electron chi connectivity index (χ2n) is 9.31. The van der Waals surface area contributed by atoms with Crippen molar-refractivity contribution in [2.24, 2.45) is 5.41 Å². The van der Waals surface area contributed by atoms with Crippen LogP contribution in [0.4, 0.5) is 18.9 Å². The van der Waals surface area contributed by atoms with Crippen molar-refractivity contribution in [3.8, 4) is 0 Å². The second-order valence-corrected chi connectivity index (χ2v) is 9.71. The Morgan fingerprint density at radius 1 is 1.06 bits per heavy atom. The fourth-order valence-electron chi connectivity index (χ4n) is 4.80. The summed E-state index contributed by atoms with van der Waals surface area (Å²) in [6.07, 6.45) is -3.90. The zero-order valence-corrected chi connectivity index (χ0v) is 18.8. The summed E-state index contributed by atoms with van der Waals surface area (Å²) < 4.78 is 40.2. The van der Waals surface area contributed by atoms with Gasteiger partial charge in [-0.2, -0.15) is 13.2 Å². The molecule has 4 rings (SSSR count). The van der Waals surface area contributed by atoms with Crippen molar-refractivity contribution < 1.29 is 22.8 Å². The van der Waals surface area contributed by atoms with E-state index >= 15 is 0 Å². The van der Waals surface area contributed by atoms with E-state index in [2.05, 4.69) is 0 Å². The SMILES string of the molecule is Cc1ccccc1C1CC(=O)N(c2cc(C(F)(F)F)ccc2Cl)C2=C1C(=O)CC(C)(C)C2. The van der Waals surface area contributed by atoms with Gasteiger partial charge in [0.05, 0.1) is 16.3 Å². The van der Waals surface area contributed by atoms with E-state index in [0.29, 0.717) is 24.1 Å². The van der Waals surface area contributed by atoms with Gasteiger partial charge in [0.25, 0.3) is 0 Å². The van der Waals surface area contributed by atoms with Crippen molar-refractivity contribution >= 4 is 29.0 Å². The van der Waals surface area contributed by atoms with E-state index in [1.54, 1.807) is 0 Å². The normalized spacial score (nSPS) is 21.1. The van der Waals surface area contributed by atoms with Crippen molar-refractivity contribution in [2.75, 3.05) is 4.90 Å². The number of hydrogen-bond acceptors (Lipinski definition) is 2. The Morgan fingerprint density at radius 3 is 2.41 bits per heavy atom. The molecule has 0 fully saturated rings. The van der Waals surface area contributed by atoms with Gasteiger partial charge >= 0.3 is 6.18 Å². The molecule has 2 aromatic carbocycles. The number of nitrogens with zero attached hydrogens (tertiary/aromatic N) is 1. The molecule has 0 N–H and O–H groups in total. The molecule has 0 saturated heterocycles. The highest BCUT2D eigenvalue weighted by atomic mass is 35.5. The van der Waals surface area contributed by atoms with Crippen LogP contribution in [0.3, 0.4) is 0 Å². The number of ketones is 1. The largest absolute Gasteiger partial charge is 0.416 e. The molecule has 0 bridgehead atoms. The molecule has 7 heteroatoms. The summed E-state index contributed by atoms with van der Waals surface area (Å²) in [5, 5.41) is 0.0309. The number of Topliss-reactive ketones (excluding diaryl/α,β-unsaturated/α-hetero) is 1. The highest BCUT2D eigenvalue weighted by Gasteiger charge is 2.45. The van der Waals surface area contributed by atoms with Gasteiger partial charge in [0.2, 0.25) is 5.91 Å². The first kappa shape index (κ1) is 22.6. The Morgan fingerprint density at radius 2 is 1.75 bits per heavy atom. The summed E-state index contributed by atoms with van der Waals surface area (Å²) in [5.74, 6) is -0.878. The third kappa shape index (κ3) is 3.96. The molecule has 32 heavy (non-hydrogen) atoms. The van der Waals surface area contributed by atoms with Gasteiger partial charge in [-0.3, -0.25) is 14.5 Å². The third-order valence-corrected chi connectivity index (χ3v) is 6.54. The van der Waals surface area contributed by atoms with Crippen LogP contribution in [0.15, 0.2) is 53.7 Å². The van der Waals surface area contributed by atoms with Crippen molar-refractivity contribution in [1.82, 2.24) is 0 Å². The Hall–Kier alpha value is -2.60. The van der Waals surface area contributed by atoms with Crippen LogP contribution in [0.5, 0.6) is 0 Å². The predicted octanol–water partition coefficient (Wildman–Crippen LogP) is 6.83. The third-order valence-electron chi connectivity index (χ3n) is 6.22. The first-order chi connectivity index (χ1) is 14.9. The van der Waals surface area contributed by atoms with E-state index in [4.69, 9.17) is 11.6 Å². The van der Waals surface area contributed by atoms with E-state index in [9.17, 15) is 22.8 Å². The van der Waals surface area contributed by atoms with Crippen LogP contribution in [0.2, 0.25) is 5.02 Å². The monoisotopic (exact) mass is 461 g/mol. The lowest BCUT2D eigenvalue weighted by molar-refractivity contribution is -0.137. The van der Waals surface area contributed by atoms with Gasteiger partial charge in [0, 0.05) is 30.0 Å². The number of allylic oxidation sites excluding steroid dienone is 2. The van der Waals surface area contributed by atoms with E-state index < -0.39 is 23.1 Å². The topological polar surface area (TPSA) is 37.4 Å². The number of rotatable bonds is 2. The van der Waals surface area contributed by atoms with Gasteiger partial charge in [0.15, 0.2) is 5.78 Å². The van der Waals surface area contributed by atoms with E-state index in [-0.39, 0.29) is 28.8 Å². The highest BCUT2D eigenvalue weighted by Crippen LogP contribution is 2.50. The number of halogens is 4. The zero-order valence-electron chi connectivity index (χ0n) is 18.0. The maximum absolute atomic E-state index is 13.4. The highest BCUT2D eigenvalue weighted by molar-refractivity contribution is 6.34. The minimum absolute atomic E-state index is 0.0115. The van der Waals surface area contributed by atoms with Gasteiger partial charge < -0.3 is 0 Å². The fourth-order valence-corrected chi connectivity index (χ4v) is 5.00. The standard InChI is InChI=1S/C25H23ClF3NO2/c1-14-6-4-5-7-16(14)17-11-22(32)30(20-12-24(2,3)13-21(31)23(17)20)19-10-15(25(27,28)29)8-9-18(19)26/h4-10,17H,11-13H2,1-3H3. The quantitative estimate of drug-likeness (QED) is 0.491. The maximum atomic E-state index is 13.4. The van der Waals surface area contributed by atoms with Crippen LogP contribution < -0.4 is 4.90 Å². The summed E-state index contributed by atoms with van der Waals surface area (Å²) in [7, 11) is 0. The van der Waals surface area contributed by atoms with E-state index in [1.807, 2.05) is 45.0 Å². The van der Waals surface area contributed by atoms with Crippen LogP contribution in [-0.4, -0.2) is 11.7 Å². The first-order valence-electron chi connectivity index (χ1n) is 10.4. The summed E-state index contributed by atoms with van der Waals surface area (Å²) in [6.45, 7) is 5.76. The Bertz CT molecular complexity index is 1150. The summed E-state index contributed by atoms with van der Waals surface area (Å²) in [4.78, 5) is 28.0. The number of carbonyl (C=O) groups is 2. The van der Waals surface area contributed by atoms with E-state index in [1.165, 1.54) is 4.90 Å². The van der Waals surface area contributed by atoms with Gasteiger partial charge in [0.1, 0.15) is 0 Å². The van der Waals surface area contributed by atoms with Crippen molar-refractivity contribution in [3.63, 3.8) is 0 Å². The molecular weight excluding hydrogens is 439 g/mol. The number of hydrogen-bond donors (Lipinski definition) is 0. The van der Waals surface area contributed by atoms with Gasteiger partial charge in [-0.25, -0.2) is 0 Å². The number of amides is 1. The molecule has 1 unspecified atom stereocenters. The van der Waals surface area contributed by atoms with Crippen LogP contribution in [0.25, 0.3) is 0 Å². The lowest BCUT2D eigenvalue weighted by Gasteiger charge is -2.43. The number of alkyl halides is 3. The number of aryl methyl sites for hydroxylation is 1. The summed E-state index contributed by atoms with van der Waals surface area (Å²) in [6, 6.07) is 10.5. The molecule has 1 aliphatic carbocycles. The first-order valence-corrected chi connectivity index (χ1v) is 10.8. The van der Waals surface area contributed by atoms with Crippen LogP contribution in [0, 0.1) is 12.3 Å². The minimum atomic E-state index is -4.58. The molecule has 2 aromatic rings. The molecule has 1 aliphatic heterocycles. The minimum Gasteiger partial charge on any atom is -0.294 e. The number of benzene rings is 2. The second kappa shape index (κ2) is 7.77. The Balaban J connectivity index is 1.95. The fraction of sp³-hybridized carbons (Fsp3) is 0.360. The van der Waals surface area contributed by atoms with Crippen LogP contribution in [0.1, 0.15) is 55.7 Å². The van der Waals surface area contributed by atoms with Crippen LogP contribution >= 0.6 is 11.6 Å². The molecule has 0 spiro atoms. The van der Waals surface area contributed by atoms with Gasteiger partial charge in [-0.1, -0.05) is 49.7 Å². The van der Waals surface area contributed by atoms with Crippen LogP contribution in [-0.2, 0) is 15.8 Å². The summed E-state index contributed by atoms with van der Waals surface area (Å²) in [5.41, 5.74) is 1.44. The molecule has 3 nitrogen and oxygen atoms in total. The molecule has 0 aromatic heterocycles.